The SMILES string of the molecule is C#CCC(NC(=O)N(C)CCC(=O)OC)C(=O)O. The molecule has 0 aromatic heterocycles. The van der Waals surface area contributed by atoms with Crippen LogP contribution in [-0.4, -0.2) is 54.7 Å². The molecule has 0 saturated heterocycles. The molecule has 100 valence electrons. The Morgan fingerprint density at radius 1 is 1.50 bits per heavy atom. The van der Waals surface area contributed by atoms with Crippen LogP contribution in [0.4, 0.5) is 4.79 Å². The average molecular weight is 256 g/mol. The molecule has 0 aromatic carbocycles. The second-order valence-corrected chi connectivity index (χ2v) is 3.50. The van der Waals surface area contributed by atoms with Crippen LogP contribution >= 0.6 is 0 Å². The van der Waals surface area contributed by atoms with Crippen molar-refractivity contribution in [2.75, 3.05) is 20.7 Å². The highest BCUT2D eigenvalue weighted by Crippen LogP contribution is 1.95. The summed E-state index contributed by atoms with van der Waals surface area (Å²) < 4.78 is 4.42. The Balaban J connectivity index is 4.25. The molecule has 1 atom stereocenters. The van der Waals surface area contributed by atoms with Crippen molar-refractivity contribution in [3.05, 3.63) is 0 Å². The number of hydrogen-bond donors (Lipinski definition) is 2. The van der Waals surface area contributed by atoms with E-state index in [9.17, 15) is 14.4 Å². The van der Waals surface area contributed by atoms with E-state index >= 15 is 0 Å². The molecule has 1 unspecified atom stereocenters. The minimum absolute atomic E-state index is 0.0350. The van der Waals surface area contributed by atoms with Crippen molar-refractivity contribution in [1.82, 2.24) is 10.2 Å². The Hall–Kier alpha value is -2.23. The first-order chi connectivity index (χ1) is 8.42. The van der Waals surface area contributed by atoms with Crippen molar-refractivity contribution in [1.29, 1.82) is 0 Å². The highest BCUT2D eigenvalue weighted by atomic mass is 16.5. The Morgan fingerprint density at radius 3 is 2.56 bits per heavy atom. The lowest BCUT2D eigenvalue weighted by Crippen LogP contribution is -2.47. The monoisotopic (exact) mass is 256 g/mol. The lowest BCUT2D eigenvalue weighted by molar-refractivity contribution is -0.141. The highest BCUT2D eigenvalue weighted by Gasteiger charge is 2.20. The van der Waals surface area contributed by atoms with E-state index in [1.54, 1.807) is 0 Å². The molecule has 7 heteroatoms. The molecule has 0 aromatic rings. The van der Waals surface area contributed by atoms with Gasteiger partial charge in [0.1, 0.15) is 6.04 Å². The van der Waals surface area contributed by atoms with E-state index in [1.165, 1.54) is 19.1 Å². The van der Waals surface area contributed by atoms with Crippen LogP contribution in [0.2, 0.25) is 0 Å². The Morgan fingerprint density at radius 2 is 2.11 bits per heavy atom. The van der Waals surface area contributed by atoms with E-state index in [0.29, 0.717) is 0 Å². The van der Waals surface area contributed by atoms with Gasteiger partial charge < -0.3 is 20.1 Å². The van der Waals surface area contributed by atoms with E-state index in [1.807, 2.05) is 0 Å². The van der Waals surface area contributed by atoms with Gasteiger partial charge >= 0.3 is 18.0 Å². The van der Waals surface area contributed by atoms with Gasteiger partial charge in [-0.25, -0.2) is 9.59 Å². The number of aliphatic carboxylic acids is 1. The summed E-state index contributed by atoms with van der Waals surface area (Å²) in [4.78, 5) is 34.4. The van der Waals surface area contributed by atoms with Gasteiger partial charge in [0, 0.05) is 20.0 Å². The van der Waals surface area contributed by atoms with Gasteiger partial charge in [0.25, 0.3) is 0 Å². The Kier molecular flexibility index (Phi) is 6.96. The number of nitrogens with zero attached hydrogens (tertiary/aromatic N) is 1. The number of carbonyl (C=O) groups is 3. The average Bonchev–Trinajstić information content (AvgIpc) is 2.34. The number of ether oxygens (including phenoxy) is 1. The molecular formula is C11H16N2O5. The number of carboxylic acids is 1. The molecule has 0 fully saturated rings. The molecule has 0 spiro atoms. The fraction of sp³-hybridized carbons (Fsp3) is 0.545. The summed E-state index contributed by atoms with van der Waals surface area (Å²) >= 11 is 0. The van der Waals surface area contributed by atoms with Crippen molar-refractivity contribution in [2.24, 2.45) is 0 Å². The lowest BCUT2D eigenvalue weighted by Gasteiger charge is -2.20. The van der Waals surface area contributed by atoms with E-state index in [-0.39, 0.29) is 19.4 Å². The molecule has 2 amide bonds. The number of urea groups is 1. The van der Waals surface area contributed by atoms with E-state index in [2.05, 4.69) is 16.0 Å². The molecule has 0 aliphatic heterocycles. The number of carboxylic acid groups (broad SMARTS) is 1. The predicted octanol–water partition coefficient (Wildman–Crippen LogP) is -0.333. The maximum Gasteiger partial charge on any atom is 0.327 e. The van der Waals surface area contributed by atoms with Gasteiger partial charge in [0.2, 0.25) is 0 Å². The number of methoxy groups -OCH3 is 1. The molecule has 7 nitrogen and oxygen atoms in total. The normalized spacial score (nSPS) is 10.9. The second-order valence-electron chi connectivity index (χ2n) is 3.50. The van der Waals surface area contributed by atoms with Crippen LogP contribution in [0.3, 0.4) is 0 Å². The number of rotatable bonds is 6. The zero-order valence-electron chi connectivity index (χ0n) is 10.3. The van der Waals surface area contributed by atoms with Crippen molar-refractivity contribution >= 4 is 18.0 Å². The zero-order valence-corrected chi connectivity index (χ0v) is 10.3. The third-order valence-electron chi connectivity index (χ3n) is 2.14. The third-order valence-corrected chi connectivity index (χ3v) is 2.14. The topological polar surface area (TPSA) is 95.9 Å². The first-order valence-electron chi connectivity index (χ1n) is 5.17. The van der Waals surface area contributed by atoms with Gasteiger partial charge in [-0.3, -0.25) is 4.79 Å². The summed E-state index contributed by atoms with van der Waals surface area (Å²) in [6.45, 7) is 0.126. The van der Waals surface area contributed by atoms with Crippen LogP contribution in [0, 0.1) is 12.3 Å². The Labute approximate surface area is 105 Å². The maximum atomic E-state index is 11.6. The largest absolute Gasteiger partial charge is 0.480 e. The minimum atomic E-state index is -1.21. The summed E-state index contributed by atoms with van der Waals surface area (Å²) in [5.74, 6) is 0.508. The van der Waals surface area contributed by atoms with Crippen LogP contribution in [0.1, 0.15) is 12.8 Å². The van der Waals surface area contributed by atoms with Gasteiger partial charge in [0.15, 0.2) is 0 Å². The van der Waals surface area contributed by atoms with Crippen molar-refractivity contribution < 1.29 is 24.2 Å². The molecule has 0 aliphatic rings. The Bertz CT molecular complexity index is 361. The number of carbonyl (C=O) groups excluding carboxylic acids is 2. The van der Waals surface area contributed by atoms with Crippen LogP contribution < -0.4 is 5.32 Å². The fourth-order valence-corrected chi connectivity index (χ4v) is 1.04. The smallest absolute Gasteiger partial charge is 0.327 e. The lowest BCUT2D eigenvalue weighted by atomic mass is 10.2. The molecule has 2 N–H and O–H groups in total. The number of terminal acetylenes is 1. The van der Waals surface area contributed by atoms with Crippen LogP contribution in [0.5, 0.6) is 0 Å². The number of esters is 1. The molecule has 0 aliphatic carbocycles. The quantitative estimate of drug-likeness (QED) is 0.501. The molecule has 0 heterocycles. The highest BCUT2D eigenvalue weighted by molar-refractivity contribution is 5.83. The summed E-state index contributed by atoms with van der Waals surface area (Å²) in [7, 11) is 2.68. The minimum Gasteiger partial charge on any atom is -0.480 e. The van der Waals surface area contributed by atoms with Gasteiger partial charge in [0.05, 0.1) is 13.5 Å². The summed E-state index contributed by atoms with van der Waals surface area (Å²) in [6, 6.07) is -1.75. The fourth-order valence-electron chi connectivity index (χ4n) is 1.04. The van der Waals surface area contributed by atoms with E-state index in [0.717, 1.165) is 0 Å². The van der Waals surface area contributed by atoms with Crippen molar-refractivity contribution in [2.45, 2.75) is 18.9 Å². The number of nitrogens with one attached hydrogen (secondary N) is 1. The second kappa shape index (κ2) is 7.95. The molecule has 0 bridgehead atoms. The van der Waals surface area contributed by atoms with Crippen LogP contribution in [0.15, 0.2) is 0 Å². The molecule has 18 heavy (non-hydrogen) atoms. The maximum absolute atomic E-state index is 11.6. The van der Waals surface area contributed by atoms with E-state index < -0.39 is 24.0 Å². The molecule has 0 rings (SSSR count). The first-order valence-corrected chi connectivity index (χ1v) is 5.17. The van der Waals surface area contributed by atoms with Crippen molar-refractivity contribution in [3.63, 3.8) is 0 Å². The predicted molar refractivity (Wildman–Crippen MR) is 62.7 cm³/mol. The number of hydrogen-bond acceptors (Lipinski definition) is 4. The zero-order chi connectivity index (χ0) is 14.1. The van der Waals surface area contributed by atoms with Crippen molar-refractivity contribution in [3.8, 4) is 12.3 Å². The summed E-state index contributed by atoms with van der Waals surface area (Å²) in [5, 5.41) is 11.0. The van der Waals surface area contributed by atoms with Gasteiger partial charge in [-0.15, -0.1) is 12.3 Å². The first kappa shape index (κ1) is 15.8. The van der Waals surface area contributed by atoms with E-state index in [4.69, 9.17) is 11.5 Å². The molecular weight excluding hydrogens is 240 g/mol. The van der Waals surface area contributed by atoms with Crippen LogP contribution in [-0.2, 0) is 14.3 Å². The number of amides is 2. The molecule has 0 saturated carbocycles. The molecule has 0 radical (unpaired) electrons. The summed E-state index contributed by atoms with van der Waals surface area (Å²) in [6.07, 6.45) is 4.93. The van der Waals surface area contributed by atoms with Gasteiger partial charge in [-0.1, -0.05) is 0 Å². The van der Waals surface area contributed by atoms with Gasteiger partial charge in [-0.2, -0.15) is 0 Å². The van der Waals surface area contributed by atoms with Crippen LogP contribution in [0.25, 0.3) is 0 Å². The van der Waals surface area contributed by atoms with Gasteiger partial charge in [-0.05, 0) is 0 Å². The summed E-state index contributed by atoms with van der Waals surface area (Å²) in [5.41, 5.74) is 0. The standard InChI is InChI=1S/C11H16N2O5/c1-4-5-8(10(15)16)12-11(17)13(2)7-6-9(14)18-3/h1,8H,5-7H2,2-3H3,(H,12,17)(H,15,16). The third kappa shape index (κ3) is 5.75.